The van der Waals surface area contributed by atoms with Gasteiger partial charge in [0.1, 0.15) is 0 Å². The second-order valence-electron chi connectivity index (χ2n) is 6.82. The Labute approximate surface area is 199 Å². The summed E-state index contributed by atoms with van der Waals surface area (Å²) in [6, 6.07) is 9.74. The monoisotopic (exact) mass is 556 g/mol. The first-order valence-corrected chi connectivity index (χ1v) is 11.0. The summed E-state index contributed by atoms with van der Waals surface area (Å²) in [5, 5.41) is 13.3. The number of esters is 1. The van der Waals surface area contributed by atoms with Crippen molar-refractivity contribution in [2.75, 3.05) is 13.7 Å². The maximum atomic E-state index is 13.0. The molecule has 0 radical (unpaired) electrons. The van der Waals surface area contributed by atoms with Crippen LogP contribution in [0, 0.1) is 3.57 Å². The van der Waals surface area contributed by atoms with Crippen LogP contribution >= 0.6 is 34.2 Å². The number of urea groups is 1. The fraction of sp³-hybridized carbons (Fsp3) is 0.273. The van der Waals surface area contributed by atoms with Gasteiger partial charge in [0.2, 0.25) is 0 Å². The molecule has 7 nitrogen and oxygen atoms in total. The molecule has 1 aliphatic heterocycles. The molecule has 0 unspecified atom stereocenters. The van der Waals surface area contributed by atoms with Gasteiger partial charge >= 0.3 is 12.0 Å². The van der Waals surface area contributed by atoms with E-state index < -0.39 is 12.0 Å². The van der Waals surface area contributed by atoms with E-state index in [9.17, 15) is 14.7 Å². The van der Waals surface area contributed by atoms with Crippen molar-refractivity contribution in [3.8, 4) is 11.5 Å². The van der Waals surface area contributed by atoms with Crippen molar-refractivity contribution in [1.82, 2.24) is 10.2 Å². The molecule has 0 saturated heterocycles. The number of nitrogens with one attached hydrogen (secondary N) is 1. The molecule has 2 aromatic rings. The Kier molecular flexibility index (Phi) is 7.32. The molecule has 0 aliphatic carbocycles. The fourth-order valence-corrected chi connectivity index (χ4v) is 4.25. The molecule has 1 atom stereocenters. The van der Waals surface area contributed by atoms with Crippen LogP contribution in [0.5, 0.6) is 11.5 Å². The fourth-order valence-electron chi connectivity index (χ4n) is 3.42. The summed E-state index contributed by atoms with van der Waals surface area (Å²) in [4.78, 5) is 27.5. The van der Waals surface area contributed by atoms with Crippen LogP contribution in [0.2, 0.25) is 5.02 Å². The quantitative estimate of drug-likeness (QED) is 0.396. The average molecular weight is 557 g/mol. The number of allylic oxidation sites excluding steroid dienone is 1. The van der Waals surface area contributed by atoms with Gasteiger partial charge in [-0.15, -0.1) is 0 Å². The second-order valence-corrected chi connectivity index (χ2v) is 8.28. The number of aromatic hydroxyl groups is 1. The van der Waals surface area contributed by atoms with Crippen LogP contribution in [0.1, 0.15) is 31.0 Å². The van der Waals surface area contributed by atoms with Crippen molar-refractivity contribution in [3.05, 3.63) is 67.4 Å². The predicted octanol–water partition coefficient (Wildman–Crippen LogP) is 4.76. The first-order chi connectivity index (χ1) is 14.8. The minimum Gasteiger partial charge on any atom is -0.503 e. The van der Waals surface area contributed by atoms with Crippen LogP contribution < -0.4 is 10.1 Å². The highest BCUT2D eigenvalue weighted by molar-refractivity contribution is 14.1. The van der Waals surface area contributed by atoms with E-state index in [0.29, 0.717) is 14.8 Å². The van der Waals surface area contributed by atoms with Gasteiger partial charge in [-0.05, 0) is 48.1 Å². The highest BCUT2D eigenvalue weighted by Crippen LogP contribution is 2.44. The number of benzene rings is 2. The van der Waals surface area contributed by atoms with Gasteiger partial charge in [-0.2, -0.15) is 0 Å². The number of hydrogen-bond donors (Lipinski definition) is 2. The maximum absolute atomic E-state index is 13.0. The van der Waals surface area contributed by atoms with E-state index in [2.05, 4.69) is 5.32 Å². The van der Waals surface area contributed by atoms with E-state index in [1.165, 1.54) is 18.1 Å². The summed E-state index contributed by atoms with van der Waals surface area (Å²) in [7, 11) is 1.41. The van der Waals surface area contributed by atoms with Crippen LogP contribution in [0.15, 0.2) is 47.7 Å². The number of nitrogens with zero attached hydrogens (tertiary/aromatic N) is 1. The molecular weight excluding hydrogens is 535 g/mol. The molecule has 164 valence electrons. The molecule has 2 N–H and O–H groups in total. The van der Waals surface area contributed by atoms with Crippen molar-refractivity contribution in [1.29, 1.82) is 0 Å². The number of phenolic OH excluding ortho intramolecular Hbond substituents is 1. The number of carbonyl (C=O) groups is 2. The Balaban J connectivity index is 2.14. The van der Waals surface area contributed by atoms with E-state index in [-0.39, 0.29) is 41.3 Å². The lowest BCUT2D eigenvalue weighted by Gasteiger charge is -2.36. The van der Waals surface area contributed by atoms with Gasteiger partial charge in [0, 0.05) is 11.3 Å². The lowest BCUT2D eigenvalue weighted by molar-refractivity contribution is -0.139. The molecule has 0 spiro atoms. The lowest BCUT2D eigenvalue weighted by Crippen LogP contribution is -2.47. The second kappa shape index (κ2) is 9.78. The molecule has 2 amide bonds. The van der Waals surface area contributed by atoms with Crippen LogP contribution in [-0.2, 0) is 16.1 Å². The third-order valence-corrected chi connectivity index (χ3v) is 6.76. The van der Waals surface area contributed by atoms with Crippen LogP contribution in [0.4, 0.5) is 4.79 Å². The molecule has 0 aromatic heterocycles. The van der Waals surface area contributed by atoms with Gasteiger partial charge in [-0.1, -0.05) is 41.9 Å². The zero-order chi connectivity index (χ0) is 22.7. The molecular formula is C22H22ClIN2O5. The van der Waals surface area contributed by atoms with Crippen LogP contribution in [-0.4, -0.2) is 35.7 Å². The van der Waals surface area contributed by atoms with Gasteiger partial charge < -0.3 is 19.9 Å². The zero-order valence-electron chi connectivity index (χ0n) is 17.2. The highest BCUT2D eigenvalue weighted by atomic mass is 127. The van der Waals surface area contributed by atoms with Crippen molar-refractivity contribution in [3.63, 3.8) is 0 Å². The van der Waals surface area contributed by atoms with Crippen molar-refractivity contribution >= 4 is 46.2 Å². The van der Waals surface area contributed by atoms with Crippen LogP contribution in [0.25, 0.3) is 0 Å². The van der Waals surface area contributed by atoms with Gasteiger partial charge in [-0.25, -0.2) is 9.59 Å². The summed E-state index contributed by atoms with van der Waals surface area (Å²) in [6.07, 6.45) is 0. The Morgan fingerprint density at radius 2 is 2.00 bits per heavy atom. The average Bonchev–Trinajstić information content (AvgIpc) is 2.76. The summed E-state index contributed by atoms with van der Waals surface area (Å²) < 4.78 is 10.9. The summed E-state index contributed by atoms with van der Waals surface area (Å²) in [5.74, 6) is -0.477. The number of amides is 2. The van der Waals surface area contributed by atoms with Crippen LogP contribution in [0.3, 0.4) is 0 Å². The lowest BCUT2D eigenvalue weighted by atomic mass is 9.94. The summed E-state index contributed by atoms with van der Waals surface area (Å²) >= 11 is 8.40. The number of phenols is 1. The van der Waals surface area contributed by atoms with E-state index in [0.717, 1.165) is 5.56 Å². The van der Waals surface area contributed by atoms with E-state index in [1.54, 1.807) is 13.8 Å². The standard InChI is InChI=1S/C22H22ClIN2O5/c1-4-31-21(28)16-12(2)26(11-13-8-6-5-7-9-13)22(29)25-19(16)14-10-15(30-3)20(27)18(24)17(14)23/h5-10,19,27H,4,11H2,1-3H3,(H,25,29)/t19-/m0/s1. The smallest absolute Gasteiger partial charge is 0.338 e. The van der Waals surface area contributed by atoms with Gasteiger partial charge in [0.05, 0.1) is 40.5 Å². The first-order valence-electron chi connectivity index (χ1n) is 9.54. The van der Waals surface area contributed by atoms with E-state index >= 15 is 0 Å². The number of hydrogen-bond acceptors (Lipinski definition) is 5. The number of halogens is 2. The van der Waals surface area contributed by atoms with E-state index in [4.69, 9.17) is 21.1 Å². The molecule has 0 saturated carbocycles. The molecule has 2 aromatic carbocycles. The first kappa shape index (κ1) is 23.2. The van der Waals surface area contributed by atoms with Crippen molar-refractivity contribution < 1.29 is 24.2 Å². The normalized spacial score (nSPS) is 16.2. The summed E-state index contributed by atoms with van der Waals surface area (Å²) in [6.45, 7) is 3.89. The van der Waals surface area contributed by atoms with Crippen molar-refractivity contribution in [2.45, 2.75) is 26.4 Å². The maximum Gasteiger partial charge on any atom is 0.338 e. The molecule has 3 rings (SSSR count). The molecule has 1 aliphatic rings. The molecule has 1 heterocycles. The molecule has 9 heteroatoms. The topological polar surface area (TPSA) is 88.1 Å². The Morgan fingerprint density at radius 3 is 2.61 bits per heavy atom. The molecule has 31 heavy (non-hydrogen) atoms. The number of carbonyl (C=O) groups excluding carboxylic acids is 2. The third kappa shape index (κ3) is 4.59. The number of methoxy groups -OCH3 is 1. The third-order valence-electron chi connectivity index (χ3n) is 4.98. The Hall–Kier alpha value is -2.46. The Bertz CT molecular complexity index is 1040. The Morgan fingerprint density at radius 1 is 1.32 bits per heavy atom. The SMILES string of the molecule is CCOC(=O)C1=C(C)N(Cc2ccccc2)C(=O)N[C@H]1c1cc(OC)c(O)c(I)c1Cl. The van der Waals surface area contributed by atoms with Gasteiger partial charge in [-0.3, -0.25) is 4.90 Å². The molecule has 0 bridgehead atoms. The van der Waals surface area contributed by atoms with E-state index in [1.807, 2.05) is 52.9 Å². The molecule has 0 fully saturated rings. The number of ether oxygens (including phenoxy) is 2. The van der Waals surface area contributed by atoms with Crippen molar-refractivity contribution in [2.24, 2.45) is 0 Å². The summed E-state index contributed by atoms with van der Waals surface area (Å²) in [5.41, 5.74) is 2.07. The largest absolute Gasteiger partial charge is 0.503 e. The minimum absolute atomic E-state index is 0.108. The highest BCUT2D eigenvalue weighted by Gasteiger charge is 2.38. The van der Waals surface area contributed by atoms with Gasteiger partial charge in [0.15, 0.2) is 11.5 Å². The van der Waals surface area contributed by atoms with Gasteiger partial charge in [0.25, 0.3) is 0 Å². The predicted molar refractivity (Wildman–Crippen MR) is 125 cm³/mol. The minimum atomic E-state index is -0.867. The zero-order valence-corrected chi connectivity index (χ0v) is 20.2. The number of rotatable bonds is 6.